The lowest BCUT2D eigenvalue weighted by Crippen LogP contribution is -2.16. The highest BCUT2D eigenvalue weighted by atomic mass is 32.2. The van der Waals surface area contributed by atoms with E-state index in [1.54, 1.807) is 0 Å². The highest BCUT2D eigenvalue weighted by Crippen LogP contribution is 2.21. The topological polar surface area (TPSA) is 20.2 Å². The quantitative estimate of drug-likeness (QED) is 0.559. The van der Waals surface area contributed by atoms with Gasteiger partial charge < -0.3 is 5.11 Å². The van der Waals surface area contributed by atoms with Crippen molar-refractivity contribution in [1.82, 2.24) is 0 Å². The summed E-state index contributed by atoms with van der Waals surface area (Å²) in [6, 6.07) is 0. The Hall–Kier alpha value is 0.310. The third-order valence-electron chi connectivity index (χ3n) is 1.93. The van der Waals surface area contributed by atoms with Crippen molar-refractivity contribution in [1.29, 1.82) is 0 Å². The second-order valence-electron chi connectivity index (χ2n) is 2.73. The van der Waals surface area contributed by atoms with Gasteiger partial charge in [-0.05, 0) is 30.3 Å². The summed E-state index contributed by atoms with van der Waals surface area (Å²) in [5.41, 5.74) is 0. The van der Waals surface area contributed by atoms with Gasteiger partial charge in [0.1, 0.15) is 0 Å². The minimum atomic E-state index is -0.0278. The molecule has 1 heterocycles. The molecule has 1 aliphatic rings. The van der Waals surface area contributed by atoms with Crippen LogP contribution in [-0.4, -0.2) is 22.7 Å². The smallest absolute Gasteiger partial charge is 0.0573 e. The van der Waals surface area contributed by atoms with Crippen LogP contribution in [0.2, 0.25) is 0 Å². The van der Waals surface area contributed by atoms with Gasteiger partial charge in [-0.1, -0.05) is 6.92 Å². The summed E-state index contributed by atoms with van der Waals surface area (Å²) in [6.07, 6.45) is 2.15. The number of rotatable bonds is 0. The average molecular weight is 146 g/mol. The number of thioether (sulfide) groups is 1. The Morgan fingerprint density at radius 1 is 1.33 bits per heavy atom. The van der Waals surface area contributed by atoms with E-state index >= 15 is 0 Å². The Balaban J connectivity index is 2.32. The van der Waals surface area contributed by atoms with E-state index < -0.39 is 0 Å². The lowest BCUT2D eigenvalue weighted by Gasteiger charge is -2.12. The van der Waals surface area contributed by atoms with Crippen molar-refractivity contribution in [3.8, 4) is 0 Å². The third-order valence-corrected chi connectivity index (χ3v) is 2.98. The van der Waals surface area contributed by atoms with E-state index in [1.807, 2.05) is 11.8 Å². The van der Waals surface area contributed by atoms with E-state index in [9.17, 15) is 5.11 Å². The van der Waals surface area contributed by atoms with Crippen molar-refractivity contribution in [2.75, 3.05) is 11.5 Å². The average Bonchev–Trinajstić information content (AvgIpc) is 1.99. The van der Waals surface area contributed by atoms with E-state index in [2.05, 4.69) is 6.92 Å². The van der Waals surface area contributed by atoms with Gasteiger partial charge in [-0.2, -0.15) is 11.8 Å². The Labute approximate surface area is 60.8 Å². The maximum atomic E-state index is 9.34. The maximum absolute atomic E-state index is 9.34. The fraction of sp³-hybridized carbons (Fsp3) is 1.00. The molecule has 2 unspecified atom stereocenters. The molecule has 1 N–H and O–H groups in total. The minimum Gasteiger partial charge on any atom is -0.393 e. The molecular formula is C7H14OS. The maximum Gasteiger partial charge on any atom is 0.0573 e. The molecule has 1 nitrogen and oxygen atoms in total. The van der Waals surface area contributed by atoms with Crippen molar-refractivity contribution in [3.05, 3.63) is 0 Å². The number of aliphatic hydroxyl groups excluding tert-OH is 1. The fourth-order valence-electron chi connectivity index (χ4n) is 1.05. The standard InChI is InChI=1S/C7H14OS/c1-6-2-4-9-5-3-7(6)8/h6-8H,2-5H2,1H3. The van der Waals surface area contributed by atoms with E-state index in [1.165, 1.54) is 12.2 Å². The highest BCUT2D eigenvalue weighted by molar-refractivity contribution is 7.99. The van der Waals surface area contributed by atoms with Gasteiger partial charge in [0.2, 0.25) is 0 Å². The molecule has 0 amide bonds. The summed E-state index contributed by atoms with van der Waals surface area (Å²) in [4.78, 5) is 0. The van der Waals surface area contributed by atoms with Crippen molar-refractivity contribution >= 4 is 11.8 Å². The van der Waals surface area contributed by atoms with E-state index in [0.29, 0.717) is 5.92 Å². The predicted octanol–water partition coefficient (Wildman–Crippen LogP) is 1.51. The molecule has 2 heteroatoms. The Morgan fingerprint density at radius 2 is 2.00 bits per heavy atom. The Morgan fingerprint density at radius 3 is 2.78 bits per heavy atom. The molecule has 0 aliphatic carbocycles. The third kappa shape index (κ3) is 2.18. The van der Waals surface area contributed by atoms with Gasteiger partial charge in [-0.15, -0.1) is 0 Å². The molecule has 54 valence electrons. The van der Waals surface area contributed by atoms with E-state index in [4.69, 9.17) is 0 Å². The minimum absolute atomic E-state index is 0.0278. The van der Waals surface area contributed by atoms with Crippen molar-refractivity contribution in [2.45, 2.75) is 25.9 Å². The van der Waals surface area contributed by atoms with Gasteiger partial charge in [0.15, 0.2) is 0 Å². The normalized spacial score (nSPS) is 38.0. The zero-order chi connectivity index (χ0) is 6.69. The van der Waals surface area contributed by atoms with Gasteiger partial charge in [-0.25, -0.2) is 0 Å². The van der Waals surface area contributed by atoms with Crippen LogP contribution in [0.5, 0.6) is 0 Å². The van der Waals surface area contributed by atoms with Crippen LogP contribution in [0.3, 0.4) is 0 Å². The molecule has 0 aromatic heterocycles. The SMILES string of the molecule is CC1CCSCCC1O. The van der Waals surface area contributed by atoms with Crippen LogP contribution in [0.1, 0.15) is 19.8 Å². The molecule has 0 bridgehead atoms. The zero-order valence-electron chi connectivity index (χ0n) is 5.84. The van der Waals surface area contributed by atoms with Crippen molar-refractivity contribution in [3.63, 3.8) is 0 Å². The molecule has 2 atom stereocenters. The van der Waals surface area contributed by atoms with Gasteiger partial charge >= 0.3 is 0 Å². The second-order valence-corrected chi connectivity index (χ2v) is 3.96. The second kappa shape index (κ2) is 3.47. The first-order chi connectivity index (χ1) is 4.30. The largest absolute Gasteiger partial charge is 0.393 e. The highest BCUT2D eigenvalue weighted by Gasteiger charge is 2.16. The van der Waals surface area contributed by atoms with Gasteiger partial charge in [-0.3, -0.25) is 0 Å². The summed E-state index contributed by atoms with van der Waals surface area (Å²) in [6.45, 7) is 2.14. The lowest BCUT2D eigenvalue weighted by molar-refractivity contribution is 0.114. The number of hydrogen-bond donors (Lipinski definition) is 1. The molecule has 0 radical (unpaired) electrons. The molecule has 0 aromatic rings. The lowest BCUT2D eigenvalue weighted by atomic mass is 10.0. The summed E-state index contributed by atoms with van der Waals surface area (Å²) in [5.74, 6) is 2.91. The fourth-order valence-corrected chi connectivity index (χ4v) is 2.20. The molecule has 1 rings (SSSR count). The molecule has 9 heavy (non-hydrogen) atoms. The van der Waals surface area contributed by atoms with Crippen LogP contribution in [0.4, 0.5) is 0 Å². The first kappa shape index (κ1) is 7.42. The monoisotopic (exact) mass is 146 g/mol. The predicted molar refractivity (Wildman–Crippen MR) is 41.7 cm³/mol. The molecule has 0 aromatic carbocycles. The van der Waals surface area contributed by atoms with Gasteiger partial charge in [0.05, 0.1) is 6.10 Å². The van der Waals surface area contributed by atoms with Crippen LogP contribution < -0.4 is 0 Å². The van der Waals surface area contributed by atoms with Crippen LogP contribution >= 0.6 is 11.8 Å². The summed E-state index contributed by atoms with van der Waals surface area (Å²) < 4.78 is 0. The molecule has 0 saturated carbocycles. The zero-order valence-corrected chi connectivity index (χ0v) is 6.66. The van der Waals surface area contributed by atoms with Crippen molar-refractivity contribution < 1.29 is 5.11 Å². The molecule has 0 spiro atoms. The van der Waals surface area contributed by atoms with Crippen molar-refractivity contribution in [2.24, 2.45) is 5.92 Å². The molecular weight excluding hydrogens is 132 g/mol. The number of aliphatic hydroxyl groups is 1. The first-order valence-electron chi connectivity index (χ1n) is 3.56. The summed E-state index contributed by atoms with van der Waals surface area (Å²) in [7, 11) is 0. The molecule has 1 saturated heterocycles. The summed E-state index contributed by atoms with van der Waals surface area (Å²) in [5, 5.41) is 9.34. The van der Waals surface area contributed by atoms with Crippen LogP contribution in [0.25, 0.3) is 0 Å². The van der Waals surface area contributed by atoms with Gasteiger partial charge in [0.25, 0.3) is 0 Å². The van der Waals surface area contributed by atoms with Crippen LogP contribution in [-0.2, 0) is 0 Å². The Bertz CT molecular complexity index is 75.0. The van der Waals surface area contributed by atoms with Crippen LogP contribution in [0, 0.1) is 5.92 Å². The van der Waals surface area contributed by atoms with E-state index in [0.717, 1.165) is 12.2 Å². The molecule has 1 fully saturated rings. The first-order valence-corrected chi connectivity index (χ1v) is 4.72. The van der Waals surface area contributed by atoms with Gasteiger partial charge in [0, 0.05) is 0 Å². The van der Waals surface area contributed by atoms with Crippen LogP contribution in [0.15, 0.2) is 0 Å². The Kier molecular flexibility index (Phi) is 2.86. The van der Waals surface area contributed by atoms with E-state index in [-0.39, 0.29) is 6.10 Å². The summed E-state index contributed by atoms with van der Waals surface area (Å²) >= 11 is 1.96. The number of hydrogen-bond acceptors (Lipinski definition) is 2. The molecule has 1 aliphatic heterocycles.